The van der Waals surface area contributed by atoms with Crippen LogP contribution in [0, 0.1) is 6.92 Å². The minimum absolute atomic E-state index is 0.165. The molecule has 35 heavy (non-hydrogen) atoms. The zero-order valence-corrected chi connectivity index (χ0v) is 18.0. The number of hydrogen-bond donors (Lipinski definition) is 0. The molecule has 0 N–H and O–H groups in total. The molecule has 0 amide bonds. The fourth-order valence-electron chi connectivity index (χ4n) is 4.22. The smallest absolute Gasteiger partial charge is 0.0616 e. The van der Waals surface area contributed by atoms with Gasteiger partial charge >= 0.3 is 0 Å². The monoisotopic (exact) mass is 465 g/mol. The van der Waals surface area contributed by atoms with Crippen molar-refractivity contribution in [1.82, 2.24) is 0 Å². The molecule has 0 heteroatoms. The fraction of sp³-hybridized carbons (Fsp3) is 0.0286. The Morgan fingerprint density at radius 3 is 1.89 bits per heavy atom. The average Bonchev–Trinajstić information content (AvgIpc) is 3.17. The van der Waals surface area contributed by atoms with Crippen LogP contribution in [0.2, 0.25) is 0 Å². The topological polar surface area (TPSA) is 0 Å². The normalized spacial score (nSPS) is 20.0. The second-order valence-corrected chi connectivity index (χ2v) is 7.75. The third-order valence-corrected chi connectivity index (χ3v) is 5.69. The molecule has 0 aromatic heterocycles. The van der Waals surface area contributed by atoms with Gasteiger partial charge in [-0.2, -0.15) is 0 Å². The maximum Gasteiger partial charge on any atom is 0.0636 e. The SMILES string of the molecule is [2H]c1c([2H])c([2H])c2c([2H])c(-c3c4c([2H])c([2H])c([2H])c([2H])c4c(-c4c([2H])c([2H])c([2H])c5c([2H])c([2H])c([2H])c([2H])c45)c4c([2H])c(C)c([2H])c([2H])c34)c([2H])c([2H])c2c1[2H]. The third kappa shape index (κ3) is 3.15. The van der Waals surface area contributed by atoms with E-state index in [1.165, 1.54) is 6.92 Å². The van der Waals surface area contributed by atoms with E-state index in [4.69, 9.17) is 20.6 Å². The van der Waals surface area contributed by atoms with Gasteiger partial charge in [-0.1, -0.05) is 126 Å². The summed E-state index contributed by atoms with van der Waals surface area (Å²) in [6, 6.07) is -16.4. The van der Waals surface area contributed by atoms with Gasteiger partial charge in [0.25, 0.3) is 0 Å². The largest absolute Gasteiger partial charge is 0.0636 e. The second-order valence-electron chi connectivity index (χ2n) is 7.75. The molecule has 0 aliphatic carbocycles. The molecule has 0 bridgehead atoms. The van der Waals surface area contributed by atoms with E-state index in [0.29, 0.717) is 0 Å². The molecule has 0 fully saturated rings. The molecule has 0 saturated heterocycles. The number of benzene rings is 7. The molecule has 0 nitrogen and oxygen atoms in total. The molecule has 0 spiro atoms. The fourth-order valence-corrected chi connectivity index (χ4v) is 4.22. The molecule has 0 aliphatic rings. The Labute approximate surface area is 234 Å². The van der Waals surface area contributed by atoms with Crippen molar-refractivity contribution in [3.05, 3.63) is 132 Å². The van der Waals surface area contributed by atoms with Crippen LogP contribution in [0.15, 0.2) is 127 Å². The molecule has 7 aromatic rings. The summed E-state index contributed by atoms with van der Waals surface area (Å²) < 4.78 is 185. The number of rotatable bonds is 2. The van der Waals surface area contributed by atoms with Crippen molar-refractivity contribution in [2.45, 2.75) is 6.92 Å². The van der Waals surface area contributed by atoms with Gasteiger partial charge in [-0.15, -0.1) is 0 Å². The Bertz CT molecular complexity index is 2950. The van der Waals surface area contributed by atoms with Crippen molar-refractivity contribution in [2.24, 2.45) is 0 Å². The Balaban J connectivity index is 1.96. The summed E-state index contributed by atoms with van der Waals surface area (Å²) in [4.78, 5) is 0. The predicted octanol–water partition coefficient (Wildman–Crippen LogP) is 9.94. The van der Waals surface area contributed by atoms with E-state index in [1.807, 2.05) is 0 Å². The highest BCUT2D eigenvalue weighted by molar-refractivity contribution is 6.23. The lowest BCUT2D eigenvalue weighted by molar-refractivity contribution is 1.51. The first-order valence-corrected chi connectivity index (χ1v) is 10.5. The summed E-state index contributed by atoms with van der Waals surface area (Å²) in [6.45, 7) is 1.30. The van der Waals surface area contributed by atoms with E-state index in [1.54, 1.807) is 0 Å². The van der Waals surface area contributed by atoms with Gasteiger partial charge in [0.2, 0.25) is 0 Å². The van der Waals surface area contributed by atoms with E-state index < -0.39 is 192 Å². The molecule has 0 unspecified atom stereocenters. The maximum atomic E-state index is 9.39. The number of fused-ring (bicyclic) bond motifs is 4. The van der Waals surface area contributed by atoms with Crippen molar-refractivity contribution in [3.8, 4) is 22.3 Å². The zero-order chi connectivity index (χ0) is 41.6. The summed E-state index contributed by atoms with van der Waals surface area (Å²) in [7, 11) is 0. The first-order chi connectivity index (χ1) is 26.0. The zero-order valence-electron chi connectivity index (χ0n) is 39.0. The van der Waals surface area contributed by atoms with Crippen LogP contribution in [0.4, 0.5) is 0 Å². The van der Waals surface area contributed by atoms with Crippen LogP contribution < -0.4 is 0 Å². The van der Waals surface area contributed by atoms with E-state index in [-0.39, 0.29) is 5.56 Å². The van der Waals surface area contributed by atoms with Crippen LogP contribution in [0.1, 0.15) is 34.3 Å². The quantitative estimate of drug-likeness (QED) is 0.223. The lowest BCUT2D eigenvalue weighted by Crippen LogP contribution is -1.92. The lowest BCUT2D eigenvalue weighted by Gasteiger charge is -2.19. The van der Waals surface area contributed by atoms with Crippen LogP contribution in [0.5, 0.6) is 0 Å². The molecular weight excluding hydrogens is 420 g/mol. The van der Waals surface area contributed by atoms with Crippen LogP contribution >= 0.6 is 0 Å². The average molecular weight is 466 g/mol. The third-order valence-electron chi connectivity index (χ3n) is 5.69. The Morgan fingerprint density at radius 1 is 0.429 bits per heavy atom. The molecular formula is C35H24. The molecule has 0 atom stereocenters. The highest BCUT2D eigenvalue weighted by Gasteiger charge is 2.18. The van der Waals surface area contributed by atoms with Crippen LogP contribution in [0.3, 0.4) is 0 Å². The maximum absolute atomic E-state index is 9.39. The van der Waals surface area contributed by atoms with Crippen molar-refractivity contribution < 1.29 is 28.8 Å². The van der Waals surface area contributed by atoms with Gasteiger partial charge in [-0.3, -0.25) is 0 Å². The molecule has 0 saturated carbocycles. The Hall–Kier alpha value is -4.42. The van der Waals surface area contributed by atoms with Gasteiger partial charge in [-0.05, 0) is 78.3 Å². The van der Waals surface area contributed by atoms with E-state index in [0.717, 1.165) is 0 Å². The molecule has 7 aromatic carbocycles. The van der Waals surface area contributed by atoms with Crippen molar-refractivity contribution in [2.75, 3.05) is 0 Å². The molecule has 0 aliphatic heterocycles. The van der Waals surface area contributed by atoms with Crippen molar-refractivity contribution in [3.63, 3.8) is 0 Å². The Morgan fingerprint density at radius 2 is 1.06 bits per heavy atom. The van der Waals surface area contributed by atoms with Gasteiger partial charge in [0.1, 0.15) is 0 Å². The summed E-state index contributed by atoms with van der Waals surface area (Å²) in [6.07, 6.45) is 0. The second kappa shape index (κ2) is 7.82. The van der Waals surface area contributed by atoms with E-state index in [9.17, 15) is 8.22 Å². The molecule has 0 heterocycles. The summed E-state index contributed by atoms with van der Waals surface area (Å²) in [5.74, 6) is 0. The highest BCUT2D eigenvalue weighted by Crippen LogP contribution is 2.45. The first kappa shape index (κ1) is 8.07. The van der Waals surface area contributed by atoms with Crippen molar-refractivity contribution >= 4 is 43.1 Å². The summed E-state index contributed by atoms with van der Waals surface area (Å²) in [5, 5.41) is -4.16. The van der Waals surface area contributed by atoms with Gasteiger partial charge in [0.15, 0.2) is 0 Å². The molecule has 0 radical (unpaired) electrons. The first-order valence-electron chi connectivity index (χ1n) is 21.0. The van der Waals surface area contributed by atoms with Crippen LogP contribution in [0.25, 0.3) is 65.3 Å². The number of hydrogen-bond acceptors (Lipinski definition) is 0. The summed E-state index contributed by atoms with van der Waals surface area (Å²) in [5.41, 5.74) is -2.41. The highest BCUT2D eigenvalue weighted by atomic mass is 14.2. The van der Waals surface area contributed by atoms with Gasteiger partial charge in [0, 0.05) is 0 Å². The predicted molar refractivity (Wildman–Crippen MR) is 152 cm³/mol. The molecule has 7 rings (SSSR count). The van der Waals surface area contributed by atoms with Gasteiger partial charge in [0.05, 0.1) is 28.8 Å². The minimum atomic E-state index is -0.877. The lowest BCUT2D eigenvalue weighted by atomic mass is 9.84. The van der Waals surface area contributed by atoms with E-state index >= 15 is 0 Å². The van der Waals surface area contributed by atoms with E-state index in [2.05, 4.69) is 0 Å². The standard InChI is InChI=1S/C35H24/c1-23-17-20-32-33(21-23)35(29-16-8-12-25-10-4-5-13-28(25)29)31-15-7-6-14-30(31)34(32)27-19-18-24-9-2-3-11-26(24)22-27/h2-22H,1H3/i2D,3D,4D,5D,6D,7D,8D,9D,10D,11D,12D,13D,14D,15D,16D,17D,18D,19D,20D,21D,22D. The van der Waals surface area contributed by atoms with Crippen LogP contribution in [-0.2, 0) is 0 Å². The van der Waals surface area contributed by atoms with Gasteiger partial charge < -0.3 is 0 Å². The molecule has 164 valence electrons. The Kier molecular flexibility index (Phi) is 1.80. The van der Waals surface area contributed by atoms with Crippen LogP contribution in [-0.4, -0.2) is 0 Å². The van der Waals surface area contributed by atoms with Gasteiger partial charge in [-0.25, -0.2) is 0 Å². The summed E-state index contributed by atoms with van der Waals surface area (Å²) >= 11 is 0. The minimum Gasteiger partial charge on any atom is -0.0616 e. The van der Waals surface area contributed by atoms with Crippen molar-refractivity contribution in [1.29, 1.82) is 0 Å².